The zero-order valence-electron chi connectivity index (χ0n) is 11.7. The molecule has 1 atom stereocenters. The number of benzene rings is 1. The molecule has 2 nitrogen and oxygen atoms in total. The number of hydrogen-bond acceptors (Lipinski definition) is 2. The summed E-state index contributed by atoms with van der Waals surface area (Å²) < 4.78 is 65.9. The normalized spacial score (nSPS) is 19.8. The topological polar surface area (TPSA) is 15.3 Å². The van der Waals surface area contributed by atoms with Gasteiger partial charge >= 0.3 is 0 Å². The van der Waals surface area contributed by atoms with Crippen molar-refractivity contribution in [3.63, 3.8) is 0 Å². The molecule has 1 aliphatic heterocycles. The van der Waals surface area contributed by atoms with Crippen LogP contribution in [-0.2, 0) is 0 Å². The van der Waals surface area contributed by atoms with E-state index in [1.54, 1.807) is 0 Å². The third-order valence-electron chi connectivity index (χ3n) is 3.91. The van der Waals surface area contributed by atoms with Crippen molar-refractivity contribution in [2.45, 2.75) is 31.7 Å². The van der Waals surface area contributed by atoms with Gasteiger partial charge in [0.05, 0.1) is 0 Å². The van der Waals surface area contributed by atoms with Gasteiger partial charge in [0.15, 0.2) is 23.3 Å². The molecule has 0 amide bonds. The van der Waals surface area contributed by atoms with E-state index in [4.69, 9.17) is 0 Å². The van der Waals surface area contributed by atoms with E-state index in [1.807, 2.05) is 7.05 Å². The highest BCUT2D eigenvalue weighted by atomic mass is 19.2. The Balaban J connectivity index is 2.03. The predicted octanol–water partition coefficient (Wildman–Crippen LogP) is 3.67. The standard InChI is InChI=1S/C14H17F5N2/c1-21-7-3-2-4-8(21)5-6-20-14-12(18)10(16)9(15)11(17)13(14)19/h8,20H,2-7H2,1H3. The average molecular weight is 308 g/mol. The summed E-state index contributed by atoms with van der Waals surface area (Å²) in [7, 11) is 1.96. The van der Waals surface area contributed by atoms with Gasteiger partial charge in [0.2, 0.25) is 5.82 Å². The van der Waals surface area contributed by atoms with Crippen LogP contribution in [0, 0.1) is 29.1 Å². The first-order valence-electron chi connectivity index (χ1n) is 6.89. The fourth-order valence-corrected chi connectivity index (χ4v) is 2.63. The van der Waals surface area contributed by atoms with Crippen LogP contribution in [0.15, 0.2) is 0 Å². The Morgan fingerprint density at radius 1 is 0.952 bits per heavy atom. The van der Waals surface area contributed by atoms with Crippen molar-refractivity contribution in [3.05, 3.63) is 29.1 Å². The van der Waals surface area contributed by atoms with E-state index >= 15 is 0 Å². The third-order valence-corrected chi connectivity index (χ3v) is 3.91. The SMILES string of the molecule is CN1CCCCC1CCNc1c(F)c(F)c(F)c(F)c1F. The van der Waals surface area contributed by atoms with Gasteiger partial charge in [-0.25, -0.2) is 22.0 Å². The highest BCUT2D eigenvalue weighted by molar-refractivity contribution is 5.47. The Bertz CT molecular complexity index is 492. The molecule has 0 spiro atoms. The summed E-state index contributed by atoms with van der Waals surface area (Å²) in [5.41, 5.74) is -0.954. The molecule has 1 aliphatic rings. The first-order chi connectivity index (χ1) is 9.93. The van der Waals surface area contributed by atoms with Gasteiger partial charge in [0, 0.05) is 12.6 Å². The van der Waals surface area contributed by atoms with Crippen molar-refractivity contribution < 1.29 is 22.0 Å². The van der Waals surface area contributed by atoms with Gasteiger partial charge in [-0.15, -0.1) is 0 Å². The van der Waals surface area contributed by atoms with Gasteiger partial charge in [-0.1, -0.05) is 6.42 Å². The first-order valence-corrected chi connectivity index (χ1v) is 6.89. The molecule has 1 saturated heterocycles. The van der Waals surface area contributed by atoms with Crippen LogP contribution in [0.25, 0.3) is 0 Å². The van der Waals surface area contributed by atoms with E-state index in [0.29, 0.717) is 6.42 Å². The molecular formula is C14H17F5N2. The second-order valence-corrected chi connectivity index (χ2v) is 5.29. The minimum atomic E-state index is -2.14. The maximum Gasteiger partial charge on any atom is 0.200 e. The highest BCUT2D eigenvalue weighted by Crippen LogP contribution is 2.27. The van der Waals surface area contributed by atoms with Crippen LogP contribution in [0.5, 0.6) is 0 Å². The summed E-state index contributed by atoms with van der Waals surface area (Å²) >= 11 is 0. The van der Waals surface area contributed by atoms with E-state index in [2.05, 4.69) is 10.2 Å². The van der Waals surface area contributed by atoms with Gasteiger partial charge < -0.3 is 10.2 Å². The van der Waals surface area contributed by atoms with Gasteiger partial charge in [-0.2, -0.15) is 0 Å². The van der Waals surface area contributed by atoms with Crippen LogP contribution < -0.4 is 5.32 Å². The summed E-state index contributed by atoms with van der Waals surface area (Å²) in [5.74, 6) is -9.62. The molecule has 1 unspecified atom stereocenters. The number of halogens is 5. The zero-order chi connectivity index (χ0) is 15.6. The molecule has 7 heteroatoms. The molecule has 2 rings (SSSR count). The Morgan fingerprint density at radius 2 is 1.52 bits per heavy atom. The Labute approximate surface area is 119 Å². The van der Waals surface area contributed by atoms with E-state index in [1.165, 1.54) is 0 Å². The van der Waals surface area contributed by atoms with Crippen LogP contribution >= 0.6 is 0 Å². The lowest BCUT2D eigenvalue weighted by Gasteiger charge is -2.32. The fraction of sp³-hybridized carbons (Fsp3) is 0.571. The second kappa shape index (κ2) is 6.60. The molecule has 0 bridgehead atoms. The molecule has 0 aliphatic carbocycles. The molecule has 1 fully saturated rings. The van der Waals surface area contributed by atoms with E-state index < -0.39 is 34.8 Å². The molecular weight excluding hydrogens is 291 g/mol. The van der Waals surface area contributed by atoms with Crippen molar-refractivity contribution in [2.24, 2.45) is 0 Å². The number of hydrogen-bond donors (Lipinski definition) is 1. The molecule has 1 aromatic rings. The van der Waals surface area contributed by atoms with E-state index in [0.717, 1.165) is 25.8 Å². The average Bonchev–Trinajstić information content (AvgIpc) is 2.48. The lowest BCUT2D eigenvalue weighted by Crippen LogP contribution is -2.37. The number of likely N-dealkylation sites (tertiary alicyclic amines) is 1. The molecule has 21 heavy (non-hydrogen) atoms. The maximum absolute atomic E-state index is 13.5. The molecule has 0 radical (unpaired) electrons. The van der Waals surface area contributed by atoms with Crippen molar-refractivity contribution in [1.82, 2.24) is 4.90 Å². The van der Waals surface area contributed by atoms with Gasteiger partial charge in [0.1, 0.15) is 5.69 Å². The van der Waals surface area contributed by atoms with E-state index in [-0.39, 0.29) is 12.6 Å². The minimum Gasteiger partial charge on any atom is -0.380 e. The maximum atomic E-state index is 13.5. The molecule has 1 heterocycles. The van der Waals surface area contributed by atoms with Crippen molar-refractivity contribution >= 4 is 5.69 Å². The monoisotopic (exact) mass is 308 g/mol. The Hall–Kier alpha value is -1.37. The van der Waals surface area contributed by atoms with Crippen molar-refractivity contribution in [1.29, 1.82) is 0 Å². The predicted molar refractivity (Wildman–Crippen MR) is 69.6 cm³/mol. The largest absolute Gasteiger partial charge is 0.380 e. The number of rotatable bonds is 4. The smallest absolute Gasteiger partial charge is 0.200 e. The fourth-order valence-electron chi connectivity index (χ4n) is 2.63. The molecule has 0 aromatic heterocycles. The van der Waals surface area contributed by atoms with Gasteiger partial charge in [-0.05, 0) is 32.9 Å². The van der Waals surface area contributed by atoms with Crippen LogP contribution in [0.3, 0.4) is 0 Å². The zero-order valence-corrected chi connectivity index (χ0v) is 11.7. The van der Waals surface area contributed by atoms with Crippen LogP contribution in [0.2, 0.25) is 0 Å². The first kappa shape index (κ1) is 16.0. The van der Waals surface area contributed by atoms with E-state index in [9.17, 15) is 22.0 Å². The number of piperidine rings is 1. The quantitative estimate of drug-likeness (QED) is 0.519. The lowest BCUT2D eigenvalue weighted by atomic mass is 10.0. The number of anilines is 1. The summed E-state index contributed by atoms with van der Waals surface area (Å²) in [6, 6.07) is 0.257. The highest BCUT2D eigenvalue weighted by Gasteiger charge is 2.26. The molecule has 0 saturated carbocycles. The summed E-state index contributed by atoms with van der Waals surface area (Å²) in [4.78, 5) is 2.14. The lowest BCUT2D eigenvalue weighted by molar-refractivity contribution is 0.179. The molecule has 118 valence electrons. The summed E-state index contributed by atoms with van der Waals surface area (Å²) in [6.07, 6.45) is 3.74. The Morgan fingerprint density at radius 3 is 2.10 bits per heavy atom. The molecule has 1 aromatic carbocycles. The summed E-state index contributed by atoms with van der Waals surface area (Å²) in [5, 5.41) is 2.33. The van der Waals surface area contributed by atoms with Crippen LogP contribution in [-0.4, -0.2) is 31.1 Å². The Kier molecular flexibility index (Phi) is 5.03. The van der Waals surface area contributed by atoms with Crippen molar-refractivity contribution in [3.8, 4) is 0 Å². The minimum absolute atomic E-state index is 0.146. The molecule has 1 N–H and O–H groups in total. The number of nitrogens with zero attached hydrogens (tertiary/aromatic N) is 1. The van der Waals surface area contributed by atoms with Crippen LogP contribution in [0.4, 0.5) is 27.6 Å². The van der Waals surface area contributed by atoms with Gasteiger partial charge in [-0.3, -0.25) is 0 Å². The van der Waals surface area contributed by atoms with Gasteiger partial charge in [0.25, 0.3) is 0 Å². The van der Waals surface area contributed by atoms with Crippen molar-refractivity contribution in [2.75, 3.05) is 25.5 Å². The third kappa shape index (κ3) is 3.28. The number of nitrogens with one attached hydrogen (secondary N) is 1. The summed E-state index contributed by atoms with van der Waals surface area (Å²) in [6.45, 7) is 1.10. The van der Waals surface area contributed by atoms with Crippen LogP contribution in [0.1, 0.15) is 25.7 Å². The second-order valence-electron chi connectivity index (χ2n) is 5.29.